The van der Waals surface area contributed by atoms with E-state index in [1.54, 1.807) is 0 Å². The number of rotatable bonds is 4. The number of hydrogen-bond acceptors (Lipinski definition) is 3. The van der Waals surface area contributed by atoms with Crippen LogP contribution in [0.2, 0.25) is 0 Å². The predicted molar refractivity (Wildman–Crippen MR) is 74.5 cm³/mol. The molecule has 2 aromatic rings. The van der Waals surface area contributed by atoms with E-state index < -0.39 is 32.0 Å². The maximum atomic E-state index is 12.3. The fourth-order valence-corrected chi connectivity index (χ4v) is 3.05. The summed E-state index contributed by atoms with van der Waals surface area (Å²) >= 11 is 0. The minimum Gasteiger partial charge on any atom is -0.406 e. The summed E-state index contributed by atoms with van der Waals surface area (Å²) in [5, 5.41) is 0.470. The van der Waals surface area contributed by atoms with Gasteiger partial charge in [0.2, 0.25) is 0 Å². The fraction of sp³-hybridized carbons (Fsp3) is 0.143. The molecule has 0 heterocycles. The van der Waals surface area contributed by atoms with Crippen molar-refractivity contribution < 1.29 is 40.4 Å². The van der Waals surface area contributed by atoms with Crippen LogP contribution in [0, 0.1) is 0 Å². The highest BCUT2D eigenvalue weighted by atomic mass is 31.1. The van der Waals surface area contributed by atoms with Crippen molar-refractivity contribution in [2.45, 2.75) is 12.7 Å². The van der Waals surface area contributed by atoms with E-state index in [4.69, 9.17) is 0 Å². The number of alkyl halides is 6. The Bertz CT molecular complexity index is 646. The maximum Gasteiger partial charge on any atom is 0.573 e. The van der Waals surface area contributed by atoms with Gasteiger partial charge in [0.05, 0.1) is 0 Å². The summed E-state index contributed by atoms with van der Waals surface area (Å²) in [6.07, 6.45) is -9.66. The molecule has 0 aliphatic carbocycles. The summed E-state index contributed by atoms with van der Waals surface area (Å²) in [7, 11) is -2.59. The Morgan fingerprint density at radius 2 is 0.917 bits per heavy atom. The maximum absolute atomic E-state index is 12.3. The predicted octanol–water partition coefficient (Wildman–Crippen LogP) is 3.99. The number of halogens is 6. The molecule has 0 saturated heterocycles. The van der Waals surface area contributed by atoms with Crippen LogP contribution in [0.3, 0.4) is 0 Å². The van der Waals surface area contributed by atoms with Gasteiger partial charge < -0.3 is 14.0 Å². The van der Waals surface area contributed by atoms with E-state index in [9.17, 15) is 30.9 Å². The van der Waals surface area contributed by atoms with E-state index in [-0.39, 0.29) is 10.6 Å². The molecule has 0 aliphatic rings. The molecule has 0 bridgehead atoms. The van der Waals surface area contributed by atoms with Crippen molar-refractivity contribution in [3.8, 4) is 11.5 Å². The molecule has 2 aromatic carbocycles. The Kier molecular flexibility index (Phi) is 5.13. The lowest BCUT2D eigenvalue weighted by Crippen LogP contribution is -2.18. The van der Waals surface area contributed by atoms with Gasteiger partial charge in [-0.1, -0.05) is 0 Å². The molecular formula is C14H9F6O3P. The lowest BCUT2D eigenvalue weighted by Gasteiger charge is -2.10. The van der Waals surface area contributed by atoms with E-state index in [0.29, 0.717) is 0 Å². The van der Waals surface area contributed by atoms with Gasteiger partial charge in [-0.25, -0.2) is 0 Å². The summed E-state index contributed by atoms with van der Waals surface area (Å²) in [5.74, 6) is -0.926. The normalized spacial score (nSPS) is 12.3. The Labute approximate surface area is 132 Å². The zero-order valence-corrected chi connectivity index (χ0v) is 12.6. The first-order chi connectivity index (χ1) is 11.0. The lowest BCUT2D eigenvalue weighted by atomic mass is 10.3. The highest BCUT2D eigenvalue weighted by molar-refractivity contribution is 7.61. The zero-order chi connectivity index (χ0) is 18.0. The molecule has 10 heteroatoms. The van der Waals surface area contributed by atoms with Gasteiger partial charge in [0, 0.05) is 10.6 Å². The smallest absolute Gasteiger partial charge is 0.406 e. The van der Waals surface area contributed by atoms with Gasteiger partial charge >= 0.3 is 12.7 Å². The van der Waals surface area contributed by atoms with Gasteiger partial charge in [-0.2, -0.15) is 0 Å². The van der Waals surface area contributed by atoms with Crippen LogP contribution >= 0.6 is 7.80 Å². The summed E-state index contributed by atoms with van der Waals surface area (Å²) in [6.45, 7) is 0. The Morgan fingerprint density at radius 3 is 1.17 bits per heavy atom. The van der Waals surface area contributed by atoms with Crippen molar-refractivity contribution in [2.24, 2.45) is 0 Å². The van der Waals surface area contributed by atoms with Gasteiger partial charge in [0.25, 0.3) is 0 Å². The highest BCUT2D eigenvalue weighted by Gasteiger charge is 2.31. The lowest BCUT2D eigenvalue weighted by molar-refractivity contribution is -0.275. The van der Waals surface area contributed by atoms with E-state index in [2.05, 4.69) is 9.47 Å². The molecule has 0 unspecified atom stereocenters. The van der Waals surface area contributed by atoms with Crippen molar-refractivity contribution in [3.63, 3.8) is 0 Å². The van der Waals surface area contributed by atoms with Gasteiger partial charge in [0.15, 0.2) is 0 Å². The molecule has 0 amide bonds. The molecule has 0 aliphatic heterocycles. The molecule has 0 fully saturated rings. The van der Waals surface area contributed by atoms with E-state index in [1.807, 2.05) is 0 Å². The van der Waals surface area contributed by atoms with Crippen LogP contribution in [0.5, 0.6) is 11.5 Å². The van der Waals surface area contributed by atoms with Gasteiger partial charge in [0.1, 0.15) is 19.3 Å². The largest absolute Gasteiger partial charge is 0.573 e. The van der Waals surface area contributed by atoms with Crippen molar-refractivity contribution >= 4 is 18.4 Å². The van der Waals surface area contributed by atoms with Gasteiger partial charge in [-0.3, -0.25) is 0 Å². The molecule has 2 rings (SSSR count). The molecule has 0 radical (unpaired) electrons. The summed E-state index contributed by atoms with van der Waals surface area (Å²) in [4.78, 5) is 0. The SMILES string of the molecule is O=[PH](c1ccc(OC(F)(F)F)cc1)c1ccc(OC(F)(F)F)cc1. The van der Waals surface area contributed by atoms with Gasteiger partial charge in [-0.05, 0) is 48.5 Å². The van der Waals surface area contributed by atoms with Crippen LogP contribution in [0.4, 0.5) is 26.3 Å². The molecule has 24 heavy (non-hydrogen) atoms. The van der Waals surface area contributed by atoms with Crippen LogP contribution < -0.4 is 20.1 Å². The Hall–Kier alpha value is -2.15. The standard InChI is InChI=1S/C14H9F6O3P/c15-13(16,17)22-9-1-5-11(6-2-9)24(21)12-7-3-10(4-8-12)23-14(18,19)20/h1-8,24H. The van der Waals surface area contributed by atoms with Crippen LogP contribution in [-0.4, -0.2) is 12.7 Å². The average Bonchev–Trinajstić information content (AvgIpc) is 2.45. The second kappa shape index (κ2) is 6.76. The highest BCUT2D eigenvalue weighted by Crippen LogP contribution is 2.27. The van der Waals surface area contributed by atoms with Crippen molar-refractivity contribution in [1.29, 1.82) is 0 Å². The number of ether oxygens (including phenoxy) is 2. The molecule has 130 valence electrons. The van der Waals surface area contributed by atoms with Crippen molar-refractivity contribution in [2.75, 3.05) is 0 Å². The van der Waals surface area contributed by atoms with Crippen molar-refractivity contribution in [1.82, 2.24) is 0 Å². The third-order valence-electron chi connectivity index (χ3n) is 2.70. The molecule has 3 nitrogen and oxygen atoms in total. The van der Waals surface area contributed by atoms with Gasteiger partial charge in [-0.15, -0.1) is 26.3 Å². The van der Waals surface area contributed by atoms with Crippen LogP contribution in [0.25, 0.3) is 0 Å². The van der Waals surface area contributed by atoms with E-state index >= 15 is 0 Å². The second-order valence-corrected chi connectivity index (χ2v) is 6.29. The zero-order valence-electron chi connectivity index (χ0n) is 11.6. The molecule has 0 saturated carbocycles. The summed E-state index contributed by atoms with van der Waals surface area (Å²) < 4.78 is 92.0. The average molecular weight is 370 g/mol. The van der Waals surface area contributed by atoms with Crippen LogP contribution in [0.15, 0.2) is 48.5 Å². The van der Waals surface area contributed by atoms with Crippen LogP contribution in [0.1, 0.15) is 0 Å². The minimum atomic E-state index is -4.83. The minimum absolute atomic E-state index is 0.235. The molecule has 0 atom stereocenters. The fourth-order valence-electron chi connectivity index (χ4n) is 1.78. The molecular weight excluding hydrogens is 361 g/mol. The quantitative estimate of drug-likeness (QED) is 0.603. The van der Waals surface area contributed by atoms with E-state index in [0.717, 1.165) is 24.3 Å². The Morgan fingerprint density at radius 1 is 0.625 bits per heavy atom. The first-order valence-electron chi connectivity index (χ1n) is 6.30. The third kappa shape index (κ3) is 5.49. The number of hydrogen-bond donors (Lipinski definition) is 0. The topological polar surface area (TPSA) is 35.5 Å². The van der Waals surface area contributed by atoms with E-state index in [1.165, 1.54) is 24.3 Å². The molecule has 0 aromatic heterocycles. The third-order valence-corrected chi connectivity index (χ3v) is 4.42. The van der Waals surface area contributed by atoms with Crippen LogP contribution in [-0.2, 0) is 4.57 Å². The van der Waals surface area contributed by atoms with Crippen molar-refractivity contribution in [3.05, 3.63) is 48.5 Å². The second-order valence-electron chi connectivity index (χ2n) is 4.47. The summed E-state index contributed by atoms with van der Waals surface area (Å²) in [5.41, 5.74) is 0. The monoisotopic (exact) mass is 370 g/mol. The Balaban J connectivity index is 2.11. The summed E-state index contributed by atoms with van der Waals surface area (Å²) in [6, 6.07) is 8.81. The first-order valence-corrected chi connectivity index (χ1v) is 7.71. The molecule has 0 spiro atoms. The first kappa shape index (κ1) is 18.2. The molecule has 0 N–H and O–H groups in total. The number of benzene rings is 2.